The number of amides is 3. The highest BCUT2D eigenvalue weighted by molar-refractivity contribution is 6.35. The molecule has 0 bridgehead atoms. The molecule has 174 valence electrons. The molecule has 10 heteroatoms. The van der Waals surface area contributed by atoms with Crippen LogP contribution in [0.5, 0.6) is 0 Å². The van der Waals surface area contributed by atoms with E-state index in [0.717, 1.165) is 12.1 Å². The monoisotopic (exact) mass is 495 g/mol. The van der Waals surface area contributed by atoms with Crippen LogP contribution in [0.4, 0.5) is 8.78 Å². The van der Waals surface area contributed by atoms with Crippen molar-refractivity contribution >= 4 is 40.9 Å². The molecule has 6 nitrogen and oxygen atoms in total. The van der Waals surface area contributed by atoms with E-state index in [0.29, 0.717) is 24.4 Å². The molecule has 0 N–H and O–H groups in total. The van der Waals surface area contributed by atoms with E-state index in [1.54, 1.807) is 17.0 Å². The van der Waals surface area contributed by atoms with Crippen molar-refractivity contribution in [3.63, 3.8) is 0 Å². The van der Waals surface area contributed by atoms with E-state index in [4.69, 9.17) is 23.2 Å². The molecular weight excluding hydrogens is 475 g/mol. The smallest absolute Gasteiger partial charge is 0.256 e. The Morgan fingerprint density at radius 3 is 2.21 bits per heavy atom. The summed E-state index contributed by atoms with van der Waals surface area (Å²) < 4.78 is 26.6. The summed E-state index contributed by atoms with van der Waals surface area (Å²) in [4.78, 5) is 43.5. The van der Waals surface area contributed by atoms with Crippen molar-refractivity contribution in [1.29, 1.82) is 0 Å². The van der Waals surface area contributed by atoms with Crippen LogP contribution in [-0.4, -0.2) is 71.2 Å². The van der Waals surface area contributed by atoms with Crippen molar-refractivity contribution in [2.75, 3.05) is 32.7 Å². The molecule has 2 aliphatic rings. The maximum absolute atomic E-state index is 13.5. The van der Waals surface area contributed by atoms with Gasteiger partial charge in [0.1, 0.15) is 6.04 Å². The summed E-state index contributed by atoms with van der Waals surface area (Å²) in [7, 11) is 0. The van der Waals surface area contributed by atoms with E-state index in [1.165, 1.54) is 21.9 Å². The minimum Gasteiger partial charge on any atom is -0.337 e. The molecule has 1 atom stereocenters. The molecule has 1 unspecified atom stereocenters. The maximum atomic E-state index is 13.5. The van der Waals surface area contributed by atoms with Crippen LogP contribution >= 0.6 is 23.2 Å². The summed E-state index contributed by atoms with van der Waals surface area (Å²) in [6, 6.07) is 7.05. The summed E-state index contributed by atoms with van der Waals surface area (Å²) in [6.45, 7) is 1.51. The predicted molar refractivity (Wildman–Crippen MR) is 119 cm³/mol. The van der Waals surface area contributed by atoms with Gasteiger partial charge in [0.25, 0.3) is 11.8 Å². The quantitative estimate of drug-likeness (QED) is 0.649. The largest absolute Gasteiger partial charge is 0.337 e. The Labute approximate surface area is 199 Å². The van der Waals surface area contributed by atoms with Crippen LogP contribution in [0.15, 0.2) is 36.4 Å². The Morgan fingerprint density at radius 2 is 1.52 bits per heavy atom. The number of rotatable bonds is 3. The van der Waals surface area contributed by atoms with E-state index in [9.17, 15) is 23.2 Å². The van der Waals surface area contributed by atoms with Gasteiger partial charge in [0.05, 0.1) is 10.6 Å². The SMILES string of the molecule is O=C(c1ccc(F)c(F)c1)N1CCN(C(=O)C2CCCN2C(=O)c2cc(Cl)ccc2Cl)CC1. The van der Waals surface area contributed by atoms with E-state index in [1.807, 2.05) is 0 Å². The van der Waals surface area contributed by atoms with Gasteiger partial charge in [-0.3, -0.25) is 14.4 Å². The summed E-state index contributed by atoms with van der Waals surface area (Å²) in [5, 5.41) is 0.651. The highest BCUT2D eigenvalue weighted by Gasteiger charge is 2.38. The molecule has 4 rings (SSSR count). The molecule has 2 heterocycles. The standard InChI is InChI=1S/C23H21Cl2F2N3O3/c24-15-4-5-17(25)16(13-15)22(32)30-7-1-2-20(30)23(33)29-10-8-28(9-11-29)21(31)14-3-6-18(26)19(27)12-14/h3-6,12-13,20H,1-2,7-11H2. The van der Waals surface area contributed by atoms with Crippen molar-refractivity contribution in [1.82, 2.24) is 14.7 Å². The predicted octanol–water partition coefficient (Wildman–Crippen LogP) is 3.86. The van der Waals surface area contributed by atoms with Gasteiger partial charge in [0.2, 0.25) is 5.91 Å². The lowest BCUT2D eigenvalue weighted by Crippen LogP contribution is -2.55. The summed E-state index contributed by atoms with van der Waals surface area (Å²) in [5.41, 5.74) is 0.311. The van der Waals surface area contributed by atoms with Gasteiger partial charge < -0.3 is 14.7 Å². The molecule has 3 amide bonds. The van der Waals surface area contributed by atoms with Crippen LogP contribution in [0.2, 0.25) is 10.0 Å². The molecule has 2 fully saturated rings. The van der Waals surface area contributed by atoms with Gasteiger partial charge in [-0.25, -0.2) is 8.78 Å². The normalized spacial score (nSPS) is 18.5. The molecule has 0 aliphatic carbocycles. The average Bonchev–Trinajstić information content (AvgIpc) is 3.31. The molecule has 0 saturated carbocycles. The second kappa shape index (κ2) is 9.65. The fraction of sp³-hybridized carbons (Fsp3) is 0.348. The molecule has 33 heavy (non-hydrogen) atoms. The van der Waals surface area contributed by atoms with Crippen molar-refractivity contribution in [2.24, 2.45) is 0 Å². The second-order valence-electron chi connectivity index (χ2n) is 8.03. The zero-order chi connectivity index (χ0) is 23.7. The van der Waals surface area contributed by atoms with Crippen LogP contribution in [0.3, 0.4) is 0 Å². The Hall–Kier alpha value is -2.71. The molecule has 2 aromatic rings. The van der Waals surface area contributed by atoms with Gasteiger partial charge >= 0.3 is 0 Å². The minimum absolute atomic E-state index is 0.0552. The summed E-state index contributed by atoms with van der Waals surface area (Å²) in [6.07, 6.45) is 1.23. The number of hydrogen-bond donors (Lipinski definition) is 0. The van der Waals surface area contributed by atoms with Crippen LogP contribution in [0.1, 0.15) is 33.6 Å². The number of carbonyl (C=O) groups excluding carboxylic acids is 3. The number of benzene rings is 2. The third kappa shape index (κ3) is 4.82. The summed E-state index contributed by atoms with van der Waals surface area (Å²) >= 11 is 12.2. The van der Waals surface area contributed by atoms with Gasteiger partial charge in [-0.15, -0.1) is 0 Å². The Bertz CT molecular complexity index is 1110. The molecule has 2 aromatic carbocycles. The minimum atomic E-state index is -1.08. The number of carbonyl (C=O) groups is 3. The first-order valence-electron chi connectivity index (χ1n) is 10.6. The fourth-order valence-electron chi connectivity index (χ4n) is 4.24. The van der Waals surface area contributed by atoms with E-state index < -0.39 is 23.6 Å². The van der Waals surface area contributed by atoms with Crippen molar-refractivity contribution in [3.8, 4) is 0 Å². The van der Waals surface area contributed by atoms with Crippen LogP contribution in [-0.2, 0) is 4.79 Å². The highest BCUT2D eigenvalue weighted by Crippen LogP contribution is 2.27. The van der Waals surface area contributed by atoms with Crippen LogP contribution < -0.4 is 0 Å². The first-order valence-corrected chi connectivity index (χ1v) is 11.3. The van der Waals surface area contributed by atoms with Gasteiger partial charge in [0.15, 0.2) is 11.6 Å². The Morgan fingerprint density at radius 1 is 0.818 bits per heavy atom. The van der Waals surface area contributed by atoms with E-state index >= 15 is 0 Å². The number of likely N-dealkylation sites (tertiary alicyclic amines) is 1. The first-order chi connectivity index (χ1) is 15.8. The number of hydrogen-bond acceptors (Lipinski definition) is 3. The number of halogens is 4. The van der Waals surface area contributed by atoms with E-state index in [-0.39, 0.29) is 54.1 Å². The van der Waals surface area contributed by atoms with Gasteiger partial charge in [-0.1, -0.05) is 23.2 Å². The van der Waals surface area contributed by atoms with E-state index in [2.05, 4.69) is 0 Å². The first kappa shape index (κ1) is 23.4. The van der Waals surface area contributed by atoms with Crippen molar-refractivity contribution in [3.05, 3.63) is 69.2 Å². The zero-order valence-corrected chi connectivity index (χ0v) is 19.1. The lowest BCUT2D eigenvalue weighted by Gasteiger charge is -2.37. The van der Waals surface area contributed by atoms with Gasteiger partial charge in [-0.05, 0) is 49.2 Å². The maximum Gasteiger partial charge on any atom is 0.256 e. The molecule has 0 aromatic heterocycles. The third-order valence-corrected chi connectivity index (χ3v) is 6.57. The van der Waals surface area contributed by atoms with Crippen molar-refractivity contribution < 1.29 is 23.2 Å². The number of nitrogens with zero attached hydrogens (tertiary/aromatic N) is 3. The van der Waals surface area contributed by atoms with Crippen molar-refractivity contribution in [2.45, 2.75) is 18.9 Å². The summed E-state index contributed by atoms with van der Waals surface area (Å²) in [5.74, 6) is -3.05. The molecular formula is C23H21Cl2F2N3O3. The highest BCUT2D eigenvalue weighted by atomic mass is 35.5. The molecule has 0 spiro atoms. The topological polar surface area (TPSA) is 60.9 Å². The van der Waals surface area contributed by atoms with Crippen LogP contribution in [0.25, 0.3) is 0 Å². The van der Waals surface area contributed by atoms with Gasteiger partial charge in [0, 0.05) is 43.3 Å². The lowest BCUT2D eigenvalue weighted by molar-refractivity contribution is -0.136. The third-order valence-electron chi connectivity index (χ3n) is 6.00. The average molecular weight is 496 g/mol. The number of piperazine rings is 1. The molecule has 0 radical (unpaired) electrons. The second-order valence-corrected chi connectivity index (χ2v) is 8.87. The Kier molecular flexibility index (Phi) is 6.86. The lowest BCUT2D eigenvalue weighted by atomic mass is 10.1. The fourth-order valence-corrected chi connectivity index (χ4v) is 4.61. The van der Waals surface area contributed by atoms with Gasteiger partial charge in [-0.2, -0.15) is 0 Å². The van der Waals surface area contributed by atoms with Crippen LogP contribution in [0, 0.1) is 11.6 Å². The molecule has 2 aliphatic heterocycles. The molecule has 2 saturated heterocycles. The Balaban J connectivity index is 1.40. The zero-order valence-electron chi connectivity index (χ0n) is 17.6.